The van der Waals surface area contributed by atoms with Gasteiger partial charge in [-0.15, -0.1) is 11.6 Å². The van der Waals surface area contributed by atoms with E-state index in [1.807, 2.05) is 4.68 Å². The average Bonchev–Trinajstić information content (AvgIpc) is 3.40. The van der Waals surface area contributed by atoms with Gasteiger partial charge >= 0.3 is 6.01 Å². The second kappa shape index (κ2) is 10.3. The minimum absolute atomic E-state index is 0.0149. The summed E-state index contributed by atoms with van der Waals surface area (Å²) in [5.74, 6) is 0.919. The molecule has 1 aliphatic heterocycles. The summed E-state index contributed by atoms with van der Waals surface area (Å²) < 4.78 is 7.86. The standard InChI is InChI=1S/C23H31ClN6O/c1-2-5-19(10-11-24)31-23-27-21(25)20-14-26-30(22(20)28-23)16-18-8-6-17(7-9-18)15-29-12-3-4-13-29/h6-9,14,19H,2-5,10-13,15-16H2,1H3,(H2,25,27,28)/t19-/m1/s1. The Morgan fingerprint density at radius 1 is 1.06 bits per heavy atom. The summed E-state index contributed by atoms with van der Waals surface area (Å²) in [6.07, 6.45) is 6.98. The van der Waals surface area contributed by atoms with Gasteiger partial charge in [0.05, 0.1) is 18.1 Å². The van der Waals surface area contributed by atoms with Crippen molar-refractivity contribution in [2.45, 2.75) is 58.2 Å². The van der Waals surface area contributed by atoms with Crippen LogP contribution >= 0.6 is 11.6 Å². The molecule has 0 radical (unpaired) electrons. The van der Waals surface area contributed by atoms with E-state index >= 15 is 0 Å². The number of alkyl halides is 1. The van der Waals surface area contributed by atoms with E-state index in [1.165, 1.54) is 37.1 Å². The predicted octanol–water partition coefficient (Wildman–Crippen LogP) is 4.23. The number of nitrogen functional groups attached to an aromatic ring is 1. The van der Waals surface area contributed by atoms with Crippen molar-refractivity contribution in [2.24, 2.45) is 0 Å². The highest BCUT2D eigenvalue weighted by Gasteiger charge is 2.16. The fourth-order valence-electron chi connectivity index (χ4n) is 4.10. The number of fused-ring (bicyclic) bond motifs is 1. The lowest BCUT2D eigenvalue weighted by Gasteiger charge is -2.16. The number of rotatable bonds is 10. The van der Waals surface area contributed by atoms with Crippen LogP contribution in [0.25, 0.3) is 11.0 Å². The smallest absolute Gasteiger partial charge is 0.320 e. The molecule has 166 valence electrons. The third-order valence-electron chi connectivity index (χ3n) is 5.78. The number of likely N-dealkylation sites (tertiary alicyclic amines) is 1. The SMILES string of the molecule is CCC[C@H](CCCl)Oc1nc(N)c2cnn(Cc3ccc(CN4CCCC4)cc3)c2n1. The number of hydrogen-bond donors (Lipinski definition) is 1. The van der Waals surface area contributed by atoms with Gasteiger partial charge in [0, 0.05) is 12.4 Å². The van der Waals surface area contributed by atoms with E-state index in [1.54, 1.807) is 6.20 Å². The number of aromatic nitrogens is 4. The number of benzene rings is 1. The van der Waals surface area contributed by atoms with Gasteiger partial charge in [-0.3, -0.25) is 4.90 Å². The lowest BCUT2D eigenvalue weighted by Crippen LogP contribution is -2.19. The summed E-state index contributed by atoms with van der Waals surface area (Å²) in [4.78, 5) is 11.5. The summed E-state index contributed by atoms with van der Waals surface area (Å²) in [6, 6.07) is 9.03. The Balaban J connectivity index is 1.50. The van der Waals surface area contributed by atoms with Crippen molar-refractivity contribution in [3.63, 3.8) is 0 Å². The predicted molar refractivity (Wildman–Crippen MR) is 124 cm³/mol. The zero-order chi connectivity index (χ0) is 21.6. The molecule has 1 saturated heterocycles. The van der Waals surface area contributed by atoms with Crippen LogP contribution in [0.3, 0.4) is 0 Å². The first-order valence-electron chi connectivity index (χ1n) is 11.2. The van der Waals surface area contributed by atoms with Crippen LogP contribution < -0.4 is 10.5 Å². The molecule has 31 heavy (non-hydrogen) atoms. The molecule has 8 heteroatoms. The Kier molecular flexibility index (Phi) is 7.25. The van der Waals surface area contributed by atoms with Crippen LogP contribution in [0.1, 0.15) is 50.2 Å². The molecular formula is C23H31ClN6O. The lowest BCUT2D eigenvalue weighted by molar-refractivity contribution is 0.171. The van der Waals surface area contributed by atoms with Crippen LogP contribution in [0.4, 0.5) is 5.82 Å². The molecule has 3 aromatic rings. The van der Waals surface area contributed by atoms with Gasteiger partial charge in [-0.2, -0.15) is 15.1 Å². The summed E-state index contributed by atoms with van der Waals surface area (Å²) in [7, 11) is 0. The summed E-state index contributed by atoms with van der Waals surface area (Å²) in [5.41, 5.74) is 9.37. The molecule has 0 amide bonds. The van der Waals surface area contributed by atoms with E-state index in [-0.39, 0.29) is 12.1 Å². The number of nitrogens with zero attached hydrogens (tertiary/aromatic N) is 5. The fourth-order valence-corrected chi connectivity index (χ4v) is 4.35. The van der Waals surface area contributed by atoms with E-state index in [2.05, 4.69) is 51.2 Å². The molecule has 7 nitrogen and oxygen atoms in total. The van der Waals surface area contributed by atoms with Gasteiger partial charge in [-0.25, -0.2) is 4.68 Å². The minimum atomic E-state index is -0.0149. The zero-order valence-corrected chi connectivity index (χ0v) is 18.9. The normalized spacial score (nSPS) is 15.5. The second-order valence-electron chi connectivity index (χ2n) is 8.24. The van der Waals surface area contributed by atoms with Crippen molar-refractivity contribution in [3.8, 4) is 6.01 Å². The summed E-state index contributed by atoms with van der Waals surface area (Å²) in [6.45, 7) is 6.17. The first-order valence-corrected chi connectivity index (χ1v) is 11.7. The van der Waals surface area contributed by atoms with Crippen LogP contribution in [0.2, 0.25) is 0 Å². The molecule has 3 heterocycles. The Morgan fingerprint density at radius 3 is 2.45 bits per heavy atom. The van der Waals surface area contributed by atoms with Crippen LogP contribution in [0.5, 0.6) is 6.01 Å². The zero-order valence-electron chi connectivity index (χ0n) is 18.1. The average molecular weight is 443 g/mol. The molecule has 0 spiro atoms. The van der Waals surface area contributed by atoms with Gasteiger partial charge in [0.1, 0.15) is 11.9 Å². The van der Waals surface area contributed by atoms with Crippen LogP contribution in [-0.4, -0.2) is 49.7 Å². The topological polar surface area (TPSA) is 82.1 Å². The molecule has 0 bridgehead atoms. The molecule has 2 N–H and O–H groups in total. The maximum absolute atomic E-state index is 6.17. The molecule has 4 rings (SSSR count). The number of anilines is 1. The van der Waals surface area contributed by atoms with Crippen molar-refractivity contribution in [1.29, 1.82) is 0 Å². The van der Waals surface area contributed by atoms with E-state index in [4.69, 9.17) is 22.1 Å². The van der Waals surface area contributed by atoms with E-state index in [0.29, 0.717) is 23.9 Å². The largest absolute Gasteiger partial charge is 0.460 e. The van der Waals surface area contributed by atoms with Crippen molar-refractivity contribution >= 4 is 28.5 Å². The lowest BCUT2D eigenvalue weighted by atomic mass is 10.1. The minimum Gasteiger partial charge on any atom is -0.460 e. The number of ether oxygens (including phenoxy) is 1. The van der Waals surface area contributed by atoms with Gasteiger partial charge in [-0.05, 0) is 49.9 Å². The molecule has 0 aliphatic carbocycles. The highest BCUT2D eigenvalue weighted by Crippen LogP contribution is 2.23. The Bertz CT molecular complexity index is 978. The third kappa shape index (κ3) is 5.46. The molecule has 0 saturated carbocycles. The Labute approximate surface area is 188 Å². The third-order valence-corrected chi connectivity index (χ3v) is 6.00. The summed E-state index contributed by atoms with van der Waals surface area (Å²) in [5, 5.41) is 5.24. The number of hydrogen-bond acceptors (Lipinski definition) is 6. The Morgan fingerprint density at radius 2 is 1.77 bits per heavy atom. The molecule has 1 aromatic carbocycles. The maximum Gasteiger partial charge on any atom is 0.320 e. The van der Waals surface area contributed by atoms with Crippen molar-refractivity contribution in [1.82, 2.24) is 24.6 Å². The Hall–Kier alpha value is -2.38. The fraction of sp³-hybridized carbons (Fsp3) is 0.522. The number of halogens is 1. The van der Waals surface area contributed by atoms with Gasteiger partial charge < -0.3 is 10.5 Å². The molecule has 2 aromatic heterocycles. The monoisotopic (exact) mass is 442 g/mol. The molecule has 1 aliphatic rings. The van der Waals surface area contributed by atoms with Crippen LogP contribution in [-0.2, 0) is 13.1 Å². The maximum atomic E-state index is 6.17. The highest BCUT2D eigenvalue weighted by atomic mass is 35.5. The van der Waals surface area contributed by atoms with Crippen LogP contribution in [0, 0.1) is 0 Å². The number of nitrogens with two attached hydrogens (primary N) is 1. The first-order chi connectivity index (χ1) is 15.2. The summed E-state index contributed by atoms with van der Waals surface area (Å²) >= 11 is 5.92. The van der Waals surface area contributed by atoms with Gasteiger partial charge in [-0.1, -0.05) is 37.6 Å². The highest BCUT2D eigenvalue weighted by molar-refractivity contribution is 6.17. The van der Waals surface area contributed by atoms with Crippen molar-refractivity contribution < 1.29 is 4.74 Å². The van der Waals surface area contributed by atoms with E-state index < -0.39 is 0 Å². The second-order valence-corrected chi connectivity index (χ2v) is 8.61. The molecule has 1 atom stereocenters. The van der Waals surface area contributed by atoms with E-state index in [9.17, 15) is 0 Å². The molecular weight excluding hydrogens is 412 g/mol. The van der Waals surface area contributed by atoms with Gasteiger partial charge in [0.2, 0.25) is 0 Å². The quantitative estimate of drug-likeness (QED) is 0.473. The van der Waals surface area contributed by atoms with Crippen LogP contribution in [0.15, 0.2) is 30.5 Å². The van der Waals surface area contributed by atoms with Crippen molar-refractivity contribution in [2.75, 3.05) is 24.7 Å². The van der Waals surface area contributed by atoms with Gasteiger partial charge in [0.25, 0.3) is 0 Å². The molecule has 0 unspecified atom stereocenters. The molecule has 1 fully saturated rings. The van der Waals surface area contributed by atoms with Crippen molar-refractivity contribution in [3.05, 3.63) is 41.6 Å². The first kappa shape index (κ1) is 21.8. The van der Waals surface area contributed by atoms with Gasteiger partial charge in [0.15, 0.2) is 5.65 Å². The van der Waals surface area contributed by atoms with E-state index in [0.717, 1.165) is 31.2 Å².